The second-order valence-corrected chi connectivity index (χ2v) is 10.1. The first-order chi connectivity index (χ1) is 16.4. The fourth-order valence-corrected chi connectivity index (χ4v) is 5.02. The second kappa shape index (κ2) is 9.22. The molecular formula is C27H32N4O3. The molecule has 0 saturated carbocycles. The molecule has 1 N–H and O–H groups in total. The quantitative estimate of drug-likeness (QED) is 0.596. The molecule has 1 amide bonds. The summed E-state index contributed by atoms with van der Waals surface area (Å²) in [5, 5.41) is 7.46. The van der Waals surface area contributed by atoms with Crippen LogP contribution in [0.4, 0.5) is 0 Å². The number of ether oxygens (including phenoxy) is 1. The van der Waals surface area contributed by atoms with E-state index in [1.165, 1.54) is 5.56 Å². The maximum atomic E-state index is 13.3. The van der Waals surface area contributed by atoms with Crippen molar-refractivity contribution in [1.82, 2.24) is 20.4 Å². The molecular weight excluding hydrogens is 428 g/mol. The molecule has 0 bridgehead atoms. The molecule has 7 heteroatoms. The highest BCUT2D eigenvalue weighted by Gasteiger charge is 2.36. The zero-order chi connectivity index (χ0) is 23.7. The van der Waals surface area contributed by atoms with Gasteiger partial charge in [0, 0.05) is 24.1 Å². The molecule has 2 aromatic carbocycles. The molecule has 2 unspecified atom stereocenters. The SMILES string of the molecule is Cc1ccc2c(c1)C(NC(=O)C1CCCN(Cc3nc(-c4ccccc4)no3)C1)CC(C)(C)O2. The number of carbonyl (C=O) groups is 1. The third kappa shape index (κ3) is 4.99. The molecule has 2 atom stereocenters. The third-order valence-corrected chi connectivity index (χ3v) is 6.67. The number of likely N-dealkylation sites (tertiary alicyclic amines) is 1. The third-order valence-electron chi connectivity index (χ3n) is 6.67. The molecule has 1 aromatic heterocycles. The van der Waals surface area contributed by atoms with Crippen LogP contribution in [0, 0.1) is 12.8 Å². The van der Waals surface area contributed by atoms with Crippen molar-refractivity contribution in [2.45, 2.75) is 58.2 Å². The number of aromatic nitrogens is 2. The fourth-order valence-electron chi connectivity index (χ4n) is 5.02. The maximum absolute atomic E-state index is 13.3. The summed E-state index contributed by atoms with van der Waals surface area (Å²) in [5.74, 6) is 2.08. The normalized spacial score (nSPS) is 22.0. The Balaban J connectivity index is 1.24. The van der Waals surface area contributed by atoms with Crippen LogP contribution >= 0.6 is 0 Å². The van der Waals surface area contributed by atoms with Gasteiger partial charge in [-0.3, -0.25) is 9.69 Å². The number of rotatable bonds is 5. The molecule has 0 radical (unpaired) electrons. The van der Waals surface area contributed by atoms with E-state index < -0.39 is 0 Å². The van der Waals surface area contributed by atoms with Gasteiger partial charge in [-0.25, -0.2) is 0 Å². The summed E-state index contributed by atoms with van der Waals surface area (Å²) in [6, 6.07) is 16.0. The summed E-state index contributed by atoms with van der Waals surface area (Å²) in [5.41, 5.74) is 2.84. The number of fused-ring (bicyclic) bond motifs is 1. The lowest BCUT2D eigenvalue weighted by atomic mass is 9.88. The van der Waals surface area contributed by atoms with E-state index in [1.807, 2.05) is 36.4 Å². The van der Waals surface area contributed by atoms with Crippen LogP contribution in [0.3, 0.4) is 0 Å². The van der Waals surface area contributed by atoms with E-state index in [0.717, 1.165) is 42.7 Å². The van der Waals surface area contributed by atoms with Crippen LogP contribution in [0.5, 0.6) is 5.75 Å². The van der Waals surface area contributed by atoms with Gasteiger partial charge in [-0.1, -0.05) is 53.2 Å². The Bertz CT molecular complexity index is 1160. The fraction of sp³-hybridized carbons (Fsp3) is 0.444. The number of nitrogens with one attached hydrogen (secondary N) is 1. The van der Waals surface area contributed by atoms with Crippen molar-refractivity contribution < 1.29 is 14.1 Å². The van der Waals surface area contributed by atoms with Crippen LogP contribution in [0.15, 0.2) is 53.1 Å². The average molecular weight is 461 g/mol. The van der Waals surface area contributed by atoms with Crippen molar-refractivity contribution >= 4 is 5.91 Å². The lowest BCUT2D eigenvalue weighted by Gasteiger charge is -2.39. The van der Waals surface area contributed by atoms with Gasteiger partial charge in [-0.2, -0.15) is 4.98 Å². The van der Waals surface area contributed by atoms with Gasteiger partial charge in [0.25, 0.3) is 0 Å². The summed E-state index contributed by atoms with van der Waals surface area (Å²) in [6.45, 7) is 8.37. The highest BCUT2D eigenvalue weighted by atomic mass is 16.5. The van der Waals surface area contributed by atoms with Crippen molar-refractivity contribution in [1.29, 1.82) is 0 Å². The van der Waals surface area contributed by atoms with E-state index in [-0.39, 0.29) is 23.5 Å². The monoisotopic (exact) mass is 460 g/mol. The Kier molecular flexibility index (Phi) is 6.13. The van der Waals surface area contributed by atoms with Crippen LogP contribution < -0.4 is 10.1 Å². The van der Waals surface area contributed by atoms with Crippen molar-refractivity contribution in [3.05, 3.63) is 65.5 Å². The smallest absolute Gasteiger partial charge is 0.241 e. The number of piperidine rings is 1. The number of hydrogen-bond donors (Lipinski definition) is 1. The minimum atomic E-state index is -0.326. The highest BCUT2D eigenvalue weighted by molar-refractivity contribution is 5.79. The summed E-state index contributed by atoms with van der Waals surface area (Å²) in [4.78, 5) is 20.1. The topological polar surface area (TPSA) is 80.5 Å². The van der Waals surface area contributed by atoms with E-state index in [1.54, 1.807) is 0 Å². The van der Waals surface area contributed by atoms with Gasteiger partial charge < -0.3 is 14.6 Å². The number of hydrogen-bond acceptors (Lipinski definition) is 6. The van der Waals surface area contributed by atoms with Gasteiger partial charge in [0.1, 0.15) is 11.4 Å². The minimum absolute atomic E-state index is 0.0501. The molecule has 3 aromatic rings. The van der Waals surface area contributed by atoms with E-state index in [4.69, 9.17) is 9.26 Å². The molecule has 1 saturated heterocycles. The Morgan fingerprint density at radius 2 is 2.03 bits per heavy atom. The van der Waals surface area contributed by atoms with Crippen LogP contribution in [0.2, 0.25) is 0 Å². The summed E-state index contributed by atoms with van der Waals surface area (Å²) in [7, 11) is 0. The number of amides is 1. The highest BCUT2D eigenvalue weighted by Crippen LogP contribution is 2.40. The molecule has 2 aliphatic heterocycles. The standard InChI is InChI=1S/C27H32N4O3/c1-18-11-12-23-21(14-18)22(15-27(2,3)33-23)28-26(32)20-10-7-13-31(16-20)17-24-29-25(30-34-24)19-8-5-4-6-9-19/h4-6,8-9,11-12,14,20,22H,7,10,13,15-17H2,1-3H3,(H,28,32). The average Bonchev–Trinajstić information content (AvgIpc) is 3.28. The van der Waals surface area contributed by atoms with Crippen LogP contribution in [0.1, 0.15) is 56.2 Å². The minimum Gasteiger partial charge on any atom is -0.487 e. The lowest BCUT2D eigenvalue weighted by molar-refractivity contribution is -0.128. The Labute approximate surface area is 200 Å². The number of aryl methyl sites for hydroxylation is 1. The zero-order valence-electron chi connectivity index (χ0n) is 20.1. The van der Waals surface area contributed by atoms with Crippen molar-refractivity contribution in [2.24, 2.45) is 5.92 Å². The van der Waals surface area contributed by atoms with E-state index in [2.05, 4.69) is 53.3 Å². The van der Waals surface area contributed by atoms with Crippen molar-refractivity contribution in [2.75, 3.05) is 13.1 Å². The molecule has 0 spiro atoms. The first kappa shape index (κ1) is 22.6. The first-order valence-electron chi connectivity index (χ1n) is 12.1. The Morgan fingerprint density at radius 1 is 1.21 bits per heavy atom. The molecule has 0 aliphatic carbocycles. The lowest BCUT2D eigenvalue weighted by Crippen LogP contribution is -2.46. The molecule has 5 rings (SSSR count). The number of carbonyl (C=O) groups excluding carboxylic acids is 1. The largest absolute Gasteiger partial charge is 0.487 e. The summed E-state index contributed by atoms with van der Waals surface area (Å²) >= 11 is 0. The Morgan fingerprint density at radius 3 is 2.85 bits per heavy atom. The number of benzene rings is 2. The van der Waals surface area contributed by atoms with Crippen molar-refractivity contribution in [3.63, 3.8) is 0 Å². The van der Waals surface area contributed by atoms with Gasteiger partial charge in [0.2, 0.25) is 17.6 Å². The van der Waals surface area contributed by atoms with Gasteiger partial charge in [0.05, 0.1) is 18.5 Å². The Hall–Kier alpha value is -3.19. The molecule has 1 fully saturated rings. The zero-order valence-corrected chi connectivity index (χ0v) is 20.1. The summed E-state index contributed by atoms with van der Waals surface area (Å²) in [6.07, 6.45) is 2.59. The molecule has 34 heavy (non-hydrogen) atoms. The molecule has 178 valence electrons. The molecule has 2 aliphatic rings. The first-order valence-corrected chi connectivity index (χ1v) is 12.1. The van der Waals surface area contributed by atoms with Crippen LogP contribution in [0.25, 0.3) is 11.4 Å². The van der Waals surface area contributed by atoms with Gasteiger partial charge in [-0.15, -0.1) is 0 Å². The van der Waals surface area contributed by atoms with E-state index in [0.29, 0.717) is 24.8 Å². The van der Waals surface area contributed by atoms with Crippen LogP contribution in [-0.2, 0) is 11.3 Å². The summed E-state index contributed by atoms with van der Waals surface area (Å²) < 4.78 is 11.7. The van der Waals surface area contributed by atoms with Crippen molar-refractivity contribution in [3.8, 4) is 17.1 Å². The predicted molar refractivity (Wildman–Crippen MR) is 129 cm³/mol. The molecule has 7 nitrogen and oxygen atoms in total. The number of nitrogens with zero attached hydrogens (tertiary/aromatic N) is 3. The predicted octanol–water partition coefficient (Wildman–Crippen LogP) is 4.68. The van der Waals surface area contributed by atoms with Gasteiger partial charge in [0.15, 0.2) is 0 Å². The van der Waals surface area contributed by atoms with E-state index in [9.17, 15) is 4.79 Å². The second-order valence-electron chi connectivity index (χ2n) is 10.1. The van der Waals surface area contributed by atoms with E-state index >= 15 is 0 Å². The van der Waals surface area contributed by atoms with Gasteiger partial charge >= 0.3 is 0 Å². The van der Waals surface area contributed by atoms with Crippen LogP contribution in [-0.4, -0.2) is 39.6 Å². The molecule has 3 heterocycles. The van der Waals surface area contributed by atoms with Gasteiger partial charge in [-0.05, 0) is 46.2 Å². The maximum Gasteiger partial charge on any atom is 0.241 e.